The fourth-order valence-corrected chi connectivity index (χ4v) is 3.42. The minimum absolute atomic E-state index is 0.0191. The third-order valence-corrected chi connectivity index (χ3v) is 4.85. The van der Waals surface area contributed by atoms with Gasteiger partial charge < -0.3 is 9.84 Å². The standard InChI is InChI=1S/C20H28O5/c1-13-7-9-16-15(6-5-11-20(3,4)22)12-24-19(21)18(16)14(2)8-10-17(13)25-23/h5-6,11,16-18,22-23H,1-2,7-10,12H2,3-4H3/b11-5+,15-6-/t16?,17?,18-/m0/s1. The zero-order chi connectivity index (χ0) is 18.6. The van der Waals surface area contributed by atoms with Crippen molar-refractivity contribution in [3.8, 4) is 0 Å². The molecule has 2 rings (SSSR count). The zero-order valence-corrected chi connectivity index (χ0v) is 15.0. The van der Waals surface area contributed by atoms with Gasteiger partial charge in [0.25, 0.3) is 0 Å². The van der Waals surface area contributed by atoms with Crippen molar-refractivity contribution in [3.63, 3.8) is 0 Å². The van der Waals surface area contributed by atoms with Gasteiger partial charge in [-0.15, -0.1) is 0 Å². The van der Waals surface area contributed by atoms with Crippen LogP contribution < -0.4 is 0 Å². The lowest BCUT2D eigenvalue weighted by molar-refractivity contribution is -0.269. The summed E-state index contributed by atoms with van der Waals surface area (Å²) < 4.78 is 5.36. The Morgan fingerprint density at radius 2 is 1.92 bits per heavy atom. The molecule has 1 aliphatic heterocycles. The fourth-order valence-electron chi connectivity index (χ4n) is 3.42. The monoisotopic (exact) mass is 348 g/mol. The van der Waals surface area contributed by atoms with E-state index >= 15 is 0 Å². The Morgan fingerprint density at radius 1 is 1.24 bits per heavy atom. The number of carbonyl (C=O) groups excluding carboxylic acids is 1. The number of aliphatic hydroxyl groups is 1. The van der Waals surface area contributed by atoms with Gasteiger partial charge in [0.1, 0.15) is 12.7 Å². The second-order valence-electron chi connectivity index (χ2n) is 7.43. The normalized spacial score (nSPS) is 30.6. The zero-order valence-electron chi connectivity index (χ0n) is 15.0. The first-order chi connectivity index (χ1) is 11.7. The summed E-state index contributed by atoms with van der Waals surface area (Å²) in [6, 6.07) is 0. The topological polar surface area (TPSA) is 76.0 Å². The summed E-state index contributed by atoms with van der Waals surface area (Å²) in [4.78, 5) is 16.9. The van der Waals surface area contributed by atoms with E-state index in [4.69, 9.17) is 9.99 Å². The number of carbonyl (C=O) groups is 1. The Bertz CT molecular complexity index is 594. The van der Waals surface area contributed by atoms with Gasteiger partial charge in [0.05, 0.1) is 11.5 Å². The molecule has 0 amide bonds. The van der Waals surface area contributed by atoms with Gasteiger partial charge in [-0.05, 0) is 50.7 Å². The van der Waals surface area contributed by atoms with Gasteiger partial charge in [0.2, 0.25) is 0 Å². The van der Waals surface area contributed by atoms with Gasteiger partial charge >= 0.3 is 5.97 Å². The number of hydrogen-bond donors (Lipinski definition) is 2. The first-order valence-corrected chi connectivity index (χ1v) is 8.66. The highest BCUT2D eigenvalue weighted by molar-refractivity contribution is 5.78. The van der Waals surface area contributed by atoms with Gasteiger partial charge in [-0.25, -0.2) is 4.89 Å². The van der Waals surface area contributed by atoms with Crippen LogP contribution in [0.2, 0.25) is 0 Å². The number of allylic oxidation sites excluding steroid dienone is 2. The molecule has 1 heterocycles. The Balaban J connectivity index is 2.29. The molecule has 1 aliphatic carbocycles. The molecule has 0 aromatic carbocycles. The number of esters is 1. The van der Waals surface area contributed by atoms with Crippen LogP contribution in [0.1, 0.15) is 39.5 Å². The SMILES string of the molecule is C=C1CCC2/C(=C\C=C\C(C)(C)O)COC(=O)[C@H]2C(=C)CCC1OO. The number of ether oxygens (including phenoxy) is 1. The molecule has 5 heteroatoms. The van der Waals surface area contributed by atoms with Crippen molar-refractivity contribution in [1.29, 1.82) is 0 Å². The van der Waals surface area contributed by atoms with E-state index in [1.807, 2.05) is 6.08 Å². The molecule has 2 N–H and O–H groups in total. The summed E-state index contributed by atoms with van der Waals surface area (Å²) >= 11 is 0. The third-order valence-electron chi connectivity index (χ3n) is 4.85. The molecule has 3 atom stereocenters. The molecule has 0 bridgehead atoms. The highest BCUT2D eigenvalue weighted by Gasteiger charge is 2.39. The van der Waals surface area contributed by atoms with Crippen LogP contribution >= 0.6 is 0 Å². The Kier molecular flexibility index (Phi) is 6.38. The van der Waals surface area contributed by atoms with Crippen molar-refractivity contribution < 1.29 is 24.8 Å². The van der Waals surface area contributed by atoms with Crippen LogP contribution in [0.3, 0.4) is 0 Å². The maximum atomic E-state index is 12.4. The smallest absolute Gasteiger partial charge is 0.313 e. The van der Waals surface area contributed by atoms with E-state index in [9.17, 15) is 9.90 Å². The molecular weight excluding hydrogens is 320 g/mol. The second-order valence-corrected chi connectivity index (χ2v) is 7.43. The molecule has 25 heavy (non-hydrogen) atoms. The molecule has 5 nitrogen and oxygen atoms in total. The van der Waals surface area contributed by atoms with E-state index in [0.29, 0.717) is 25.7 Å². The number of hydrogen-bond acceptors (Lipinski definition) is 5. The van der Waals surface area contributed by atoms with E-state index in [2.05, 4.69) is 18.0 Å². The van der Waals surface area contributed by atoms with Gasteiger partial charge in [-0.2, -0.15) is 0 Å². The predicted octanol–water partition coefficient (Wildman–Crippen LogP) is 3.57. The van der Waals surface area contributed by atoms with Gasteiger partial charge in [0, 0.05) is 5.92 Å². The highest BCUT2D eigenvalue weighted by atomic mass is 17.1. The largest absolute Gasteiger partial charge is 0.461 e. The van der Waals surface area contributed by atoms with Crippen LogP contribution in [0.5, 0.6) is 0 Å². The molecule has 2 fully saturated rings. The molecule has 0 aromatic rings. The van der Waals surface area contributed by atoms with Crippen molar-refractivity contribution in [2.75, 3.05) is 6.61 Å². The molecule has 2 aliphatic rings. The molecular formula is C20H28O5. The van der Waals surface area contributed by atoms with Crippen LogP contribution in [-0.4, -0.2) is 34.6 Å². The summed E-state index contributed by atoms with van der Waals surface area (Å²) in [7, 11) is 0. The summed E-state index contributed by atoms with van der Waals surface area (Å²) in [5.74, 6) is -0.650. The van der Waals surface area contributed by atoms with Crippen LogP contribution in [0.4, 0.5) is 0 Å². The molecule has 138 valence electrons. The molecule has 1 saturated carbocycles. The molecule has 0 spiro atoms. The van der Waals surface area contributed by atoms with Gasteiger partial charge in [0.15, 0.2) is 0 Å². The minimum Gasteiger partial charge on any atom is -0.461 e. The second kappa shape index (κ2) is 8.13. The highest BCUT2D eigenvalue weighted by Crippen LogP contribution is 2.40. The fraction of sp³-hybridized carbons (Fsp3) is 0.550. The van der Waals surface area contributed by atoms with E-state index in [1.54, 1.807) is 26.0 Å². The van der Waals surface area contributed by atoms with Crippen molar-refractivity contribution in [2.45, 2.75) is 51.2 Å². The molecule has 0 radical (unpaired) electrons. The summed E-state index contributed by atoms with van der Waals surface area (Å²) in [6.07, 6.45) is 7.44. The van der Waals surface area contributed by atoms with E-state index in [0.717, 1.165) is 16.7 Å². The van der Waals surface area contributed by atoms with Gasteiger partial charge in [-0.1, -0.05) is 37.0 Å². The third kappa shape index (κ3) is 5.14. The summed E-state index contributed by atoms with van der Waals surface area (Å²) in [5, 5.41) is 18.9. The Labute approximate surface area is 149 Å². The van der Waals surface area contributed by atoms with Crippen molar-refractivity contribution >= 4 is 5.97 Å². The van der Waals surface area contributed by atoms with E-state index in [1.165, 1.54) is 0 Å². The first kappa shape index (κ1) is 19.6. The number of cyclic esters (lactones) is 1. The van der Waals surface area contributed by atoms with Gasteiger partial charge in [-0.3, -0.25) is 10.1 Å². The number of fused-ring (bicyclic) bond motifs is 1. The van der Waals surface area contributed by atoms with E-state index < -0.39 is 11.7 Å². The van der Waals surface area contributed by atoms with Crippen molar-refractivity contribution in [2.24, 2.45) is 11.8 Å². The lowest BCUT2D eigenvalue weighted by atomic mass is 9.76. The Morgan fingerprint density at radius 3 is 2.56 bits per heavy atom. The first-order valence-electron chi connectivity index (χ1n) is 8.66. The lowest BCUT2D eigenvalue weighted by Crippen LogP contribution is -2.35. The summed E-state index contributed by atoms with van der Waals surface area (Å²) in [5.41, 5.74) is 1.72. The lowest BCUT2D eigenvalue weighted by Gasteiger charge is -2.33. The average Bonchev–Trinajstić information content (AvgIpc) is 2.58. The predicted molar refractivity (Wildman–Crippen MR) is 95.7 cm³/mol. The minimum atomic E-state index is -0.899. The molecule has 1 saturated heterocycles. The summed E-state index contributed by atoms with van der Waals surface area (Å²) in [6.45, 7) is 11.7. The molecule has 0 aromatic heterocycles. The quantitative estimate of drug-likeness (QED) is 0.353. The maximum absolute atomic E-state index is 12.4. The van der Waals surface area contributed by atoms with Crippen LogP contribution in [0, 0.1) is 11.8 Å². The Hall–Kier alpha value is -1.69. The molecule has 2 unspecified atom stereocenters. The van der Waals surface area contributed by atoms with Crippen LogP contribution in [-0.2, 0) is 14.4 Å². The van der Waals surface area contributed by atoms with Crippen molar-refractivity contribution in [1.82, 2.24) is 0 Å². The maximum Gasteiger partial charge on any atom is 0.313 e. The van der Waals surface area contributed by atoms with Crippen molar-refractivity contribution in [3.05, 3.63) is 48.1 Å². The van der Waals surface area contributed by atoms with Crippen LogP contribution in [0.15, 0.2) is 48.1 Å². The van der Waals surface area contributed by atoms with E-state index in [-0.39, 0.29) is 24.4 Å². The average molecular weight is 348 g/mol. The number of rotatable bonds is 3. The van der Waals surface area contributed by atoms with Crippen LogP contribution in [0.25, 0.3) is 0 Å².